The van der Waals surface area contributed by atoms with Crippen molar-refractivity contribution in [1.82, 2.24) is 4.67 Å². The fourth-order valence-electron chi connectivity index (χ4n) is 8.96. The molecule has 0 N–H and O–H groups in total. The first-order chi connectivity index (χ1) is 25.1. The van der Waals surface area contributed by atoms with Crippen molar-refractivity contribution in [2.75, 3.05) is 36.1 Å². The minimum atomic E-state index is -1.17. The first-order valence-electron chi connectivity index (χ1n) is 19.9. The van der Waals surface area contributed by atoms with Crippen molar-refractivity contribution in [1.29, 1.82) is 5.26 Å². The van der Waals surface area contributed by atoms with Crippen LogP contribution in [0.4, 0.5) is 11.4 Å². The summed E-state index contributed by atoms with van der Waals surface area (Å²) >= 11 is 0. The Morgan fingerprint density at radius 2 is 1.55 bits per heavy atom. The molecule has 0 aromatic heterocycles. The van der Waals surface area contributed by atoms with Gasteiger partial charge in [-0.05, 0) is 93.7 Å². The molecule has 53 heavy (non-hydrogen) atoms. The van der Waals surface area contributed by atoms with E-state index in [-0.39, 0.29) is 23.2 Å². The van der Waals surface area contributed by atoms with Crippen LogP contribution >= 0.6 is 20.9 Å². The number of aryl methyl sites for hydroxylation is 1. The number of anilines is 2. The molecule has 2 unspecified atom stereocenters. The summed E-state index contributed by atoms with van der Waals surface area (Å²) in [7, 11) is -1.17. The first-order valence-corrected chi connectivity index (χ1v) is 21.0. The molecular formula is C45H62ClN4O2P. The molecular weight excluding hydrogens is 695 g/mol. The number of unbranched alkanes of at least 4 members (excludes halogenated alkanes) is 3. The predicted octanol–water partition coefficient (Wildman–Crippen LogP) is 11.6. The van der Waals surface area contributed by atoms with Crippen LogP contribution in [-0.4, -0.2) is 43.1 Å². The lowest BCUT2D eigenvalue weighted by Gasteiger charge is -2.40. The van der Waals surface area contributed by atoms with Gasteiger partial charge in [-0.2, -0.15) is 5.26 Å². The summed E-state index contributed by atoms with van der Waals surface area (Å²) in [5.41, 5.74) is 11.6. The van der Waals surface area contributed by atoms with Crippen LogP contribution in [0.15, 0.2) is 84.2 Å². The van der Waals surface area contributed by atoms with Crippen molar-refractivity contribution < 1.29 is 9.05 Å². The topological polar surface area (TPSA) is 52.0 Å². The number of hydrogen-bond acceptors (Lipinski definition) is 6. The predicted molar refractivity (Wildman–Crippen MR) is 226 cm³/mol. The second kappa shape index (κ2) is 18.1. The molecule has 2 atom stereocenters. The molecule has 4 heterocycles. The lowest BCUT2D eigenvalue weighted by molar-refractivity contribution is 0.174. The zero-order chi connectivity index (χ0) is 36.9. The molecule has 2 aromatic carbocycles. The van der Waals surface area contributed by atoms with Gasteiger partial charge in [0.1, 0.15) is 0 Å². The summed E-state index contributed by atoms with van der Waals surface area (Å²) < 4.78 is 14.7. The van der Waals surface area contributed by atoms with Crippen molar-refractivity contribution in [2.24, 2.45) is 0 Å². The van der Waals surface area contributed by atoms with Crippen LogP contribution in [0, 0.1) is 11.3 Å². The van der Waals surface area contributed by atoms with Crippen LogP contribution in [0.5, 0.6) is 0 Å². The van der Waals surface area contributed by atoms with Crippen LogP contribution in [-0.2, 0) is 32.7 Å². The number of hydrogen-bond donors (Lipinski definition) is 0. The maximum absolute atomic E-state index is 9.02. The fourth-order valence-corrected chi connectivity index (χ4v) is 10.6. The number of rotatable bonds is 17. The molecule has 6 nitrogen and oxygen atoms in total. The Labute approximate surface area is 328 Å². The Morgan fingerprint density at radius 1 is 0.849 bits per heavy atom. The van der Waals surface area contributed by atoms with Gasteiger partial charge in [-0.15, -0.1) is 12.4 Å². The van der Waals surface area contributed by atoms with Crippen LogP contribution in [0.2, 0.25) is 0 Å². The van der Waals surface area contributed by atoms with Crippen molar-refractivity contribution in [2.45, 2.75) is 129 Å². The molecule has 4 aliphatic rings. The van der Waals surface area contributed by atoms with E-state index in [1.165, 1.54) is 64.2 Å². The maximum Gasteiger partial charge on any atom is 0.259 e. The Balaban J connectivity index is 0.00000541. The number of halogens is 1. The van der Waals surface area contributed by atoms with Crippen LogP contribution in [0.3, 0.4) is 0 Å². The van der Waals surface area contributed by atoms with E-state index in [0.29, 0.717) is 31.7 Å². The normalized spacial score (nSPS) is 21.2. The number of nitriles is 1. The average Bonchev–Trinajstić information content (AvgIpc) is 3.63. The summed E-state index contributed by atoms with van der Waals surface area (Å²) in [6.45, 7) is 19.2. The highest BCUT2D eigenvalue weighted by Crippen LogP contribution is 2.52. The lowest BCUT2D eigenvalue weighted by Crippen LogP contribution is -2.33. The van der Waals surface area contributed by atoms with Gasteiger partial charge in [0.2, 0.25) is 0 Å². The Morgan fingerprint density at radius 3 is 2.28 bits per heavy atom. The van der Waals surface area contributed by atoms with Gasteiger partial charge in [0.15, 0.2) is 0 Å². The molecule has 0 saturated carbocycles. The second-order valence-electron chi connectivity index (χ2n) is 16.2. The van der Waals surface area contributed by atoms with E-state index < -0.39 is 8.53 Å². The van der Waals surface area contributed by atoms with Gasteiger partial charge >= 0.3 is 0 Å². The largest absolute Gasteiger partial charge is 0.347 e. The average molecular weight is 757 g/mol. The van der Waals surface area contributed by atoms with Gasteiger partial charge < -0.3 is 18.8 Å². The van der Waals surface area contributed by atoms with Crippen molar-refractivity contribution in [3.8, 4) is 6.07 Å². The standard InChI is InChI=1S/C45H61N4O2P.ClH/c1-34(2)49(35(3)4)52(51-32-18-28-46)50-31-14-9-8-13-27-45(7)38(33-47-30-26-37-20-16-24-40(45)42(37)47)22-11-10-12-25-41-44(5,6)39-23-15-19-36-21-17-29-48(41)43(36)39;/h10-12,15-16,19-20,22-25,33-35H,8-9,13-14,17-18,21,26-27,29-32H2,1-7H3;1H. The van der Waals surface area contributed by atoms with E-state index in [9.17, 15) is 0 Å². The minimum absolute atomic E-state index is 0. The molecule has 286 valence electrons. The molecule has 2 aromatic rings. The van der Waals surface area contributed by atoms with Gasteiger partial charge in [-0.25, -0.2) is 4.67 Å². The van der Waals surface area contributed by atoms with E-state index in [4.69, 9.17) is 14.3 Å². The molecule has 0 aliphatic carbocycles. The Kier molecular flexibility index (Phi) is 14.1. The van der Waals surface area contributed by atoms with E-state index in [1.807, 2.05) is 0 Å². The highest BCUT2D eigenvalue weighted by molar-refractivity contribution is 7.44. The van der Waals surface area contributed by atoms with Gasteiger partial charge in [0.25, 0.3) is 8.53 Å². The smallest absolute Gasteiger partial charge is 0.259 e. The first kappa shape index (κ1) is 41.3. The number of nitrogens with zero attached hydrogens (tertiary/aromatic N) is 4. The van der Waals surface area contributed by atoms with Crippen LogP contribution in [0.25, 0.3) is 0 Å². The molecule has 8 heteroatoms. The monoisotopic (exact) mass is 756 g/mol. The fraction of sp³-hybridized carbons (Fsp3) is 0.533. The molecule has 0 saturated heterocycles. The lowest BCUT2D eigenvalue weighted by atomic mass is 9.69. The highest BCUT2D eigenvalue weighted by Gasteiger charge is 2.42. The SMILES string of the molecule is CC(C)N(C(C)C)P(OCCC#N)OCCCCCCC1(C)C(C=CC=CC=C2N3CCCc4cccc(c43)C2(C)C)=CN2CCc3cccc1c32.Cl. The number of benzene rings is 2. The van der Waals surface area contributed by atoms with Gasteiger partial charge in [-0.3, -0.25) is 0 Å². The van der Waals surface area contributed by atoms with Gasteiger partial charge in [0.05, 0.1) is 25.7 Å². The third kappa shape index (κ3) is 8.66. The third-order valence-electron chi connectivity index (χ3n) is 11.6. The number of allylic oxidation sites excluding steroid dienone is 7. The molecule has 0 spiro atoms. The highest BCUT2D eigenvalue weighted by atomic mass is 35.5. The van der Waals surface area contributed by atoms with E-state index >= 15 is 0 Å². The van der Waals surface area contributed by atoms with E-state index in [0.717, 1.165) is 45.2 Å². The minimum Gasteiger partial charge on any atom is -0.347 e. The number of para-hydroxylation sites is 2. The zero-order valence-electron chi connectivity index (χ0n) is 33.2. The molecule has 0 amide bonds. The van der Waals surface area contributed by atoms with E-state index in [1.54, 1.807) is 0 Å². The van der Waals surface area contributed by atoms with Crippen LogP contribution in [0.1, 0.15) is 116 Å². The molecule has 6 rings (SSSR count). The molecule has 0 bridgehead atoms. The van der Waals surface area contributed by atoms with Crippen molar-refractivity contribution in [3.05, 3.63) is 107 Å². The quantitative estimate of drug-likeness (QED) is 0.0910. The second-order valence-corrected chi connectivity index (χ2v) is 17.7. The summed E-state index contributed by atoms with van der Waals surface area (Å²) in [6, 6.07) is 16.7. The van der Waals surface area contributed by atoms with Crippen LogP contribution < -0.4 is 9.80 Å². The van der Waals surface area contributed by atoms with Gasteiger partial charge in [0, 0.05) is 59.3 Å². The maximum atomic E-state index is 9.02. The molecule has 4 aliphatic heterocycles. The third-order valence-corrected chi connectivity index (χ3v) is 13.7. The zero-order valence-corrected chi connectivity index (χ0v) is 34.9. The summed E-state index contributed by atoms with van der Waals surface area (Å²) in [5.74, 6) is 0. The van der Waals surface area contributed by atoms with Crippen molar-refractivity contribution >= 4 is 32.3 Å². The Bertz CT molecular complexity index is 1730. The van der Waals surface area contributed by atoms with Crippen molar-refractivity contribution in [3.63, 3.8) is 0 Å². The van der Waals surface area contributed by atoms with Gasteiger partial charge in [-0.1, -0.05) is 101 Å². The summed E-state index contributed by atoms with van der Waals surface area (Å²) in [5, 5.41) is 9.02. The summed E-state index contributed by atoms with van der Waals surface area (Å²) in [6.07, 6.45) is 23.4. The van der Waals surface area contributed by atoms with E-state index in [2.05, 4.69) is 142 Å². The molecule has 0 radical (unpaired) electrons. The summed E-state index contributed by atoms with van der Waals surface area (Å²) in [4.78, 5) is 5.07. The Hall–Kier alpha value is -2.91. The molecule has 0 fully saturated rings.